The van der Waals surface area contributed by atoms with Crippen molar-refractivity contribution >= 4 is 33.8 Å². The first-order chi connectivity index (χ1) is 19.4. The first-order valence-corrected chi connectivity index (χ1v) is 13.5. The highest BCUT2D eigenvalue weighted by atomic mass is 32.1. The van der Waals surface area contributed by atoms with Gasteiger partial charge in [-0.15, -0.1) is 0 Å². The Labute approximate surface area is 233 Å². The first-order valence-electron chi connectivity index (χ1n) is 12.7. The van der Waals surface area contributed by atoms with Crippen molar-refractivity contribution in [1.82, 2.24) is 35.0 Å². The van der Waals surface area contributed by atoms with Crippen LogP contribution in [0.1, 0.15) is 28.1 Å². The van der Waals surface area contributed by atoms with Gasteiger partial charge in [-0.2, -0.15) is 5.26 Å². The van der Waals surface area contributed by atoms with Crippen LogP contribution in [0.15, 0.2) is 55.0 Å². The first kappa shape index (κ1) is 25.5. The predicted octanol–water partition coefficient (Wildman–Crippen LogP) is 3.96. The lowest BCUT2D eigenvalue weighted by Gasteiger charge is -2.27. The molecule has 4 aromatic heterocycles. The maximum Gasteiger partial charge on any atom is 0.289 e. The molecule has 5 aromatic rings. The number of halogens is 1. The third kappa shape index (κ3) is 4.66. The van der Waals surface area contributed by atoms with Gasteiger partial charge in [-0.3, -0.25) is 9.20 Å². The van der Waals surface area contributed by atoms with Crippen LogP contribution in [0.3, 0.4) is 0 Å². The van der Waals surface area contributed by atoms with Crippen LogP contribution in [0.25, 0.3) is 28.0 Å². The minimum absolute atomic E-state index is 0.108. The number of carbonyl (C=O) groups excluding carboxylic acids is 1. The second-order valence-corrected chi connectivity index (χ2v) is 10.3. The number of nitriles is 1. The van der Waals surface area contributed by atoms with Crippen LogP contribution >= 0.6 is 11.3 Å². The second kappa shape index (κ2) is 10.4. The van der Waals surface area contributed by atoms with E-state index < -0.39 is 0 Å². The van der Waals surface area contributed by atoms with Crippen LogP contribution in [0, 0.1) is 17.1 Å². The highest BCUT2D eigenvalue weighted by Crippen LogP contribution is 2.37. The van der Waals surface area contributed by atoms with Crippen LogP contribution in [-0.2, 0) is 6.42 Å². The fraction of sp³-hybridized carbons (Fsp3) is 0.214. The van der Waals surface area contributed by atoms with Crippen molar-refractivity contribution in [2.75, 3.05) is 25.0 Å². The number of nitrogens with one attached hydrogen (secondary N) is 2. The van der Waals surface area contributed by atoms with Crippen molar-refractivity contribution in [3.8, 4) is 28.5 Å². The summed E-state index contributed by atoms with van der Waals surface area (Å²) in [6.07, 6.45) is 5.91. The van der Waals surface area contributed by atoms with E-state index in [0.717, 1.165) is 41.4 Å². The minimum Gasteiger partial charge on any atom is -0.344 e. The van der Waals surface area contributed by atoms with Crippen molar-refractivity contribution in [3.63, 3.8) is 0 Å². The Morgan fingerprint density at radius 3 is 2.52 bits per heavy atom. The summed E-state index contributed by atoms with van der Waals surface area (Å²) in [7, 11) is 1.89. The molecule has 0 unspecified atom stereocenters. The van der Waals surface area contributed by atoms with Gasteiger partial charge in [0.1, 0.15) is 33.9 Å². The highest BCUT2D eigenvalue weighted by molar-refractivity contribution is 7.16. The summed E-state index contributed by atoms with van der Waals surface area (Å²) in [5.41, 5.74) is 4.41. The summed E-state index contributed by atoms with van der Waals surface area (Å²) < 4.78 is 15.5. The molecule has 1 aromatic carbocycles. The molecule has 0 saturated carbocycles. The molecule has 12 heteroatoms. The zero-order valence-electron chi connectivity index (χ0n) is 21.7. The Morgan fingerprint density at radius 1 is 1.15 bits per heavy atom. The molecule has 1 aliphatic heterocycles. The maximum atomic E-state index is 13.5. The lowest BCUT2D eigenvalue weighted by Crippen LogP contribution is -2.57. The number of thiazole rings is 1. The maximum absolute atomic E-state index is 13.5. The van der Waals surface area contributed by atoms with Gasteiger partial charge in [-0.25, -0.2) is 24.3 Å². The molecule has 0 radical (unpaired) electrons. The van der Waals surface area contributed by atoms with Crippen molar-refractivity contribution < 1.29 is 9.18 Å². The SMILES string of the molecule is CCc1nc2ccc(-c3cnc(C(=O)NC4CNC4)nc3)cn2c1N(C)c1nc(-c2ccc(F)cc2)c(C#N)s1. The number of pyridine rings is 1. The Morgan fingerprint density at radius 2 is 1.88 bits per heavy atom. The average molecular weight is 554 g/mol. The molecule has 200 valence electrons. The molecule has 0 atom stereocenters. The number of fused-ring (bicyclic) bond motifs is 1. The summed E-state index contributed by atoms with van der Waals surface area (Å²) in [4.78, 5) is 32.9. The van der Waals surface area contributed by atoms with Crippen molar-refractivity contribution in [3.05, 3.63) is 77.2 Å². The van der Waals surface area contributed by atoms with Gasteiger partial charge in [0.15, 0.2) is 5.13 Å². The standard InChI is InChI=1S/C28H24FN9OS/c1-3-21-27(37(2)28-36-24(22(10-30)40-28)16-4-7-19(29)8-5-16)38-15-17(6-9-23(38)35-21)18-11-32-25(33-12-18)26(39)34-20-13-31-14-20/h4-9,11-12,15,20,31H,3,13-14H2,1-2H3,(H,34,39). The topological polar surface area (TPSA) is 124 Å². The zero-order valence-corrected chi connectivity index (χ0v) is 22.5. The van der Waals surface area contributed by atoms with Gasteiger partial charge in [0.05, 0.1) is 11.7 Å². The quantitative estimate of drug-likeness (QED) is 0.310. The van der Waals surface area contributed by atoms with E-state index in [0.29, 0.717) is 27.7 Å². The highest BCUT2D eigenvalue weighted by Gasteiger charge is 2.23. The number of benzene rings is 1. The Hall–Kier alpha value is -4.73. The van der Waals surface area contributed by atoms with E-state index in [9.17, 15) is 14.4 Å². The lowest BCUT2D eigenvalue weighted by molar-refractivity contribution is 0.0913. The van der Waals surface area contributed by atoms with Gasteiger partial charge in [-0.1, -0.05) is 18.3 Å². The van der Waals surface area contributed by atoms with E-state index in [4.69, 9.17) is 9.97 Å². The number of amides is 1. The second-order valence-electron chi connectivity index (χ2n) is 9.36. The zero-order chi connectivity index (χ0) is 27.8. The van der Waals surface area contributed by atoms with E-state index in [1.165, 1.54) is 23.5 Å². The molecular formula is C28H24FN9OS. The van der Waals surface area contributed by atoms with Crippen LogP contribution in [-0.4, -0.2) is 56.4 Å². The van der Waals surface area contributed by atoms with Crippen LogP contribution in [0.5, 0.6) is 0 Å². The number of aryl methyl sites for hydroxylation is 1. The fourth-order valence-electron chi connectivity index (χ4n) is 4.50. The lowest BCUT2D eigenvalue weighted by atomic mass is 10.1. The number of anilines is 2. The van der Waals surface area contributed by atoms with E-state index in [2.05, 4.69) is 26.7 Å². The van der Waals surface area contributed by atoms with Crippen molar-refractivity contribution in [2.45, 2.75) is 19.4 Å². The molecule has 0 aliphatic carbocycles. The third-order valence-electron chi connectivity index (χ3n) is 6.74. The van der Waals surface area contributed by atoms with Gasteiger partial charge in [0.25, 0.3) is 5.91 Å². The number of hydrogen-bond donors (Lipinski definition) is 2. The number of nitrogens with zero attached hydrogens (tertiary/aromatic N) is 7. The minimum atomic E-state index is -0.349. The normalized spacial score (nSPS) is 13.2. The molecule has 6 rings (SSSR count). The van der Waals surface area contributed by atoms with E-state index in [-0.39, 0.29) is 23.6 Å². The molecule has 1 aliphatic rings. The Balaban J connectivity index is 1.34. The molecule has 0 bridgehead atoms. The molecular weight excluding hydrogens is 529 g/mol. The molecule has 1 fully saturated rings. The summed E-state index contributed by atoms with van der Waals surface area (Å²) in [5.74, 6) is 0.301. The molecule has 1 saturated heterocycles. The molecule has 1 amide bonds. The van der Waals surface area contributed by atoms with E-state index in [1.54, 1.807) is 24.5 Å². The van der Waals surface area contributed by atoms with E-state index >= 15 is 0 Å². The molecule has 40 heavy (non-hydrogen) atoms. The van der Waals surface area contributed by atoms with E-state index in [1.807, 2.05) is 41.6 Å². The number of hydrogen-bond acceptors (Lipinski definition) is 9. The van der Waals surface area contributed by atoms with Gasteiger partial charge in [-0.05, 0) is 42.8 Å². The fourth-order valence-corrected chi connectivity index (χ4v) is 5.35. The summed E-state index contributed by atoms with van der Waals surface area (Å²) in [5, 5.41) is 16.4. The van der Waals surface area contributed by atoms with Gasteiger partial charge in [0.2, 0.25) is 5.82 Å². The monoisotopic (exact) mass is 553 g/mol. The number of imidazole rings is 1. The van der Waals surface area contributed by atoms with Gasteiger partial charge < -0.3 is 15.5 Å². The molecule has 0 spiro atoms. The van der Waals surface area contributed by atoms with Crippen LogP contribution in [0.4, 0.5) is 15.3 Å². The Kier molecular flexibility index (Phi) is 6.67. The molecule has 2 N–H and O–H groups in total. The number of carbonyl (C=O) groups is 1. The molecule has 5 heterocycles. The number of rotatable bonds is 7. The van der Waals surface area contributed by atoms with Crippen molar-refractivity contribution in [2.24, 2.45) is 0 Å². The Bertz CT molecular complexity index is 1750. The van der Waals surface area contributed by atoms with Gasteiger partial charge in [0, 0.05) is 55.4 Å². The summed E-state index contributed by atoms with van der Waals surface area (Å²) in [6.45, 7) is 3.53. The largest absolute Gasteiger partial charge is 0.344 e. The van der Waals surface area contributed by atoms with Crippen LogP contribution < -0.4 is 15.5 Å². The van der Waals surface area contributed by atoms with Crippen molar-refractivity contribution in [1.29, 1.82) is 5.26 Å². The number of aromatic nitrogens is 5. The molecule has 10 nitrogen and oxygen atoms in total. The average Bonchev–Trinajstić information content (AvgIpc) is 3.56. The van der Waals surface area contributed by atoms with Crippen LogP contribution in [0.2, 0.25) is 0 Å². The third-order valence-corrected chi connectivity index (χ3v) is 7.78. The smallest absolute Gasteiger partial charge is 0.289 e. The van der Waals surface area contributed by atoms with Gasteiger partial charge >= 0.3 is 0 Å². The summed E-state index contributed by atoms with van der Waals surface area (Å²) in [6, 6.07) is 12.1. The summed E-state index contributed by atoms with van der Waals surface area (Å²) >= 11 is 1.26. The predicted molar refractivity (Wildman–Crippen MR) is 150 cm³/mol.